The standard InChI is InChI=1S/C27H31FN2O2/c1-3-5-6-7-8-10-20-18-29-26(30-19-20)22-11-13-23(14-12-22)27(31)32-24-16-15-21(9-4-2)25(28)17-24/h11-19H,3-10H2,1-2H3. The van der Waals surface area contributed by atoms with Gasteiger partial charge in [-0.25, -0.2) is 19.2 Å². The Morgan fingerprint density at radius 1 is 0.875 bits per heavy atom. The van der Waals surface area contributed by atoms with Gasteiger partial charge in [-0.05, 0) is 48.6 Å². The predicted molar refractivity (Wildman–Crippen MR) is 125 cm³/mol. The third-order valence-electron chi connectivity index (χ3n) is 5.41. The fourth-order valence-corrected chi connectivity index (χ4v) is 3.55. The van der Waals surface area contributed by atoms with Gasteiger partial charge in [0.25, 0.3) is 0 Å². The monoisotopic (exact) mass is 434 g/mol. The van der Waals surface area contributed by atoms with Gasteiger partial charge in [0.1, 0.15) is 11.6 Å². The molecular weight excluding hydrogens is 403 g/mol. The highest BCUT2D eigenvalue weighted by Gasteiger charge is 2.12. The Morgan fingerprint density at radius 2 is 1.59 bits per heavy atom. The lowest BCUT2D eigenvalue weighted by Crippen LogP contribution is -2.08. The Kier molecular flexibility index (Phi) is 8.90. The minimum Gasteiger partial charge on any atom is -0.423 e. The average molecular weight is 435 g/mol. The molecule has 5 heteroatoms. The van der Waals surface area contributed by atoms with Crippen LogP contribution in [0.2, 0.25) is 0 Å². The lowest BCUT2D eigenvalue weighted by molar-refractivity contribution is 0.0734. The topological polar surface area (TPSA) is 52.1 Å². The summed E-state index contributed by atoms with van der Waals surface area (Å²) in [5, 5.41) is 0. The van der Waals surface area contributed by atoms with E-state index in [-0.39, 0.29) is 11.6 Å². The number of halogens is 1. The van der Waals surface area contributed by atoms with Gasteiger partial charge in [-0.3, -0.25) is 0 Å². The number of hydrogen-bond donors (Lipinski definition) is 0. The van der Waals surface area contributed by atoms with Crippen LogP contribution in [0.5, 0.6) is 5.75 Å². The lowest BCUT2D eigenvalue weighted by atomic mass is 10.1. The molecule has 0 N–H and O–H groups in total. The Balaban J connectivity index is 1.57. The number of ether oxygens (including phenoxy) is 1. The molecule has 0 fully saturated rings. The van der Waals surface area contributed by atoms with Crippen LogP contribution in [0.3, 0.4) is 0 Å². The molecule has 0 saturated heterocycles. The number of nitrogens with zero attached hydrogens (tertiary/aromatic N) is 2. The lowest BCUT2D eigenvalue weighted by Gasteiger charge is -2.08. The average Bonchev–Trinajstić information content (AvgIpc) is 2.81. The number of carbonyl (C=O) groups is 1. The molecule has 0 aliphatic heterocycles. The van der Waals surface area contributed by atoms with Crippen LogP contribution >= 0.6 is 0 Å². The zero-order chi connectivity index (χ0) is 22.8. The van der Waals surface area contributed by atoms with Crippen molar-refractivity contribution in [3.63, 3.8) is 0 Å². The summed E-state index contributed by atoms with van der Waals surface area (Å²) in [6.45, 7) is 4.21. The van der Waals surface area contributed by atoms with Crippen molar-refractivity contribution in [1.82, 2.24) is 9.97 Å². The smallest absolute Gasteiger partial charge is 0.343 e. The first-order valence-electron chi connectivity index (χ1n) is 11.5. The second kappa shape index (κ2) is 12.1. The minimum absolute atomic E-state index is 0.199. The summed E-state index contributed by atoms with van der Waals surface area (Å²) in [5.41, 5.74) is 2.98. The van der Waals surface area contributed by atoms with Crippen molar-refractivity contribution in [2.45, 2.75) is 65.2 Å². The van der Waals surface area contributed by atoms with E-state index < -0.39 is 5.97 Å². The van der Waals surface area contributed by atoms with E-state index in [1.165, 1.54) is 31.7 Å². The minimum atomic E-state index is -0.529. The second-order valence-corrected chi connectivity index (χ2v) is 8.05. The first kappa shape index (κ1) is 23.6. The number of rotatable bonds is 11. The van der Waals surface area contributed by atoms with Crippen LogP contribution < -0.4 is 4.74 Å². The Bertz CT molecular complexity index is 1000. The number of benzene rings is 2. The molecule has 3 aromatic rings. The van der Waals surface area contributed by atoms with E-state index in [4.69, 9.17) is 4.74 Å². The summed E-state index contributed by atoms with van der Waals surface area (Å²) in [6.07, 6.45) is 12.5. The predicted octanol–water partition coefficient (Wildman–Crippen LogP) is 6.97. The summed E-state index contributed by atoms with van der Waals surface area (Å²) in [4.78, 5) is 21.4. The van der Waals surface area contributed by atoms with Crippen LogP contribution in [-0.4, -0.2) is 15.9 Å². The maximum atomic E-state index is 14.1. The third kappa shape index (κ3) is 6.71. The summed E-state index contributed by atoms with van der Waals surface area (Å²) in [7, 11) is 0. The second-order valence-electron chi connectivity index (χ2n) is 8.05. The number of aromatic nitrogens is 2. The Morgan fingerprint density at radius 3 is 2.25 bits per heavy atom. The highest BCUT2D eigenvalue weighted by Crippen LogP contribution is 2.21. The zero-order valence-electron chi connectivity index (χ0n) is 18.9. The SMILES string of the molecule is CCCCCCCc1cnc(-c2ccc(C(=O)Oc3ccc(CCC)c(F)c3)cc2)nc1. The van der Waals surface area contributed by atoms with Crippen molar-refractivity contribution < 1.29 is 13.9 Å². The van der Waals surface area contributed by atoms with Crippen molar-refractivity contribution in [2.24, 2.45) is 0 Å². The molecular formula is C27H31FN2O2. The van der Waals surface area contributed by atoms with Gasteiger partial charge in [-0.2, -0.15) is 0 Å². The van der Waals surface area contributed by atoms with Crippen molar-refractivity contribution in [1.29, 1.82) is 0 Å². The van der Waals surface area contributed by atoms with Gasteiger partial charge in [0.15, 0.2) is 5.82 Å². The van der Waals surface area contributed by atoms with E-state index in [0.717, 1.165) is 30.4 Å². The number of carbonyl (C=O) groups excluding carboxylic acids is 1. The molecule has 0 saturated carbocycles. The largest absolute Gasteiger partial charge is 0.423 e. The summed E-state index contributed by atoms with van der Waals surface area (Å²) in [6, 6.07) is 11.5. The summed E-state index contributed by atoms with van der Waals surface area (Å²) >= 11 is 0. The number of hydrogen-bond acceptors (Lipinski definition) is 4. The molecule has 0 amide bonds. The van der Waals surface area contributed by atoms with Crippen molar-refractivity contribution in [3.05, 3.63) is 77.4 Å². The quantitative estimate of drug-likeness (QED) is 0.186. The maximum Gasteiger partial charge on any atom is 0.343 e. The molecule has 0 aliphatic rings. The fraction of sp³-hybridized carbons (Fsp3) is 0.370. The van der Waals surface area contributed by atoms with Crippen molar-refractivity contribution >= 4 is 5.97 Å². The number of aryl methyl sites for hydroxylation is 2. The van der Waals surface area contributed by atoms with Crippen LogP contribution in [-0.2, 0) is 12.8 Å². The molecule has 0 atom stereocenters. The van der Waals surface area contributed by atoms with Gasteiger partial charge in [0.05, 0.1) is 5.56 Å². The molecule has 32 heavy (non-hydrogen) atoms. The maximum absolute atomic E-state index is 14.1. The first-order chi connectivity index (χ1) is 15.6. The molecule has 0 aliphatic carbocycles. The fourth-order valence-electron chi connectivity index (χ4n) is 3.55. The molecule has 168 valence electrons. The molecule has 0 spiro atoms. The zero-order valence-corrected chi connectivity index (χ0v) is 18.9. The van der Waals surface area contributed by atoms with E-state index in [9.17, 15) is 9.18 Å². The third-order valence-corrected chi connectivity index (χ3v) is 5.41. The van der Waals surface area contributed by atoms with Gasteiger partial charge in [-0.15, -0.1) is 0 Å². The molecule has 2 aromatic carbocycles. The number of unbranched alkanes of at least 4 members (excludes halogenated alkanes) is 4. The highest BCUT2D eigenvalue weighted by atomic mass is 19.1. The van der Waals surface area contributed by atoms with E-state index in [2.05, 4.69) is 16.9 Å². The van der Waals surface area contributed by atoms with E-state index in [1.54, 1.807) is 36.4 Å². The molecule has 3 rings (SSSR count). The van der Waals surface area contributed by atoms with Crippen molar-refractivity contribution in [3.8, 4) is 17.1 Å². The molecule has 0 bridgehead atoms. The van der Waals surface area contributed by atoms with Crippen LogP contribution in [0, 0.1) is 5.82 Å². The molecule has 1 aromatic heterocycles. The molecule has 0 unspecified atom stereocenters. The van der Waals surface area contributed by atoms with Gasteiger partial charge in [0, 0.05) is 24.0 Å². The van der Waals surface area contributed by atoms with Crippen LogP contribution in [0.15, 0.2) is 54.9 Å². The van der Waals surface area contributed by atoms with E-state index >= 15 is 0 Å². The van der Waals surface area contributed by atoms with E-state index in [0.29, 0.717) is 23.4 Å². The van der Waals surface area contributed by atoms with Gasteiger partial charge >= 0.3 is 5.97 Å². The molecule has 4 nitrogen and oxygen atoms in total. The highest BCUT2D eigenvalue weighted by molar-refractivity contribution is 5.91. The Hall–Kier alpha value is -3.08. The normalized spacial score (nSPS) is 10.8. The van der Waals surface area contributed by atoms with Gasteiger partial charge < -0.3 is 4.74 Å². The molecule has 0 radical (unpaired) electrons. The Labute approximate surface area is 189 Å². The summed E-state index contributed by atoms with van der Waals surface area (Å²) in [5.74, 6) is -0.0640. The van der Waals surface area contributed by atoms with Crippen molar-refractivity contribution in [2.75, 3.05) is 0 Å². The van der Waals surface area contributed by atoms with Gasteiger partial charge in [-0.1, -0.05) is 64.2 Å². The first-order valence-corrected chi connectivity index (χ1v) is 11.5. The summed E-state index contributed by atoms with van der Waals surface area (Å²) < 4.78 is 19.4. The van der Waals surface area contributed by atoms with Crippen LogP contribution in [0.25, 0.3) is 11.4 Å². The van der Waals surface area contributed by atoms with Crippen LogP contribution in [0.4, 0.5) is 4.39 Å². The molecule has 1 heterocycles. The van der Waals surface area contributed by atoms with E-state index in [1.807, 2.05) is 19.3 Å². The number of esters is 1. The van der Waals surface area contributed by atoms with Gasteiger partial charge in [0.2, 0.25) is 0 Å². The van der Waals surface area contributed by atoms with Crippen LogP contribution in [0.1, 0.15) is 73.9 Å².